The molecule has 0 fully saturated rings. The van der Waals surface area contributed by atoms with Gasteiger partial charge >= 0.3 is 0 Å². The van der Waals surface area contributed by atoms with Gasteiger partial charge < -0.3 is 11.5 Å². The van der Waals surface area contributed by atoms with Gasteiger partial charge in [-0.1, -0.05) is 6.08 Å². The van der Waals surface area contributed by atoms with Gasteiger partial charge in [0.25, 0.3) is 0 Å². The number of thioether (sulfide) groups is 1. The Hall–Kier alpha value is -0.410. The van der Waals surface area contributed by atoms with Crippen LogP contribution in [0, 0.1) is 0 Å². The van der Waals surface area contributed by atoms with Crippen molar-refractivity contribution in [3.8, 4) is 0 Å². The van der Waals surface area contributed by atoms with Crippen LogP contribution in [0.4, 0.5) is 0 Å². The first-order chi connectivity index (χ1) is 3.79. The Bertz CT molecular complexity index is 139. The second-order valence-electron chi connectivity index (χ2n) is 1.58. The summed E-state index contributed by atoms with van der Waals surface area (Å²) in [6.07, 6.45) is 3.70. The molecule has 0 spiro atoms. The Kier molecular flexibility index (Phi) is 1.60. The van der Waals surface area contributed by atoms with Crippen molar-refractivity contribution in [2.75, 3.05) is 0 Å². The minimum atomic E-state index is 0.0994. The van der Waals surface area contributed by atoms with Crippen molar-refractivity contribution in [1.29, 1.82) is 0 Å². The van der Waals surface area contributed by atoms with E-state index in [1.807, 2.05) is 17.6 Å². The maximum Gasteiger partial charge on any atom is 0.0739 e. The molecule has 4 N–H and O–H groups in total. The lowest BCUT2D eigenvalue weighted by Crippen LogP contribution is -2.13. The molecular weight excluding hydrogens is 120 g/mol. The summed E-state index contributed by atoms with van der Waals surface area (Å²) in [7, 11) is 0. The Morgan fingerprint density at radius 2 is 2.38 bits per heavy atom. The molecule has 1 rings (SSSR count). The van der Waals surface area contributed by atoms with Crippen LogP contribution in [0.25, 0.3) is 0 Å². The average Bonchev–Trinajstić information content (AvgIpc) is 1.77. The largest absolute Gasteiger partial charge is 0.398 e. The molecule has 1 atom stereocenters. The summed E-state index contributed by atoms with van der Waals surface area (Å²) in [6, 6.07) is 0. The molecule has 1 aliphatic rings. The van der Waals surface area contributed by atoms with Gasteiger partial charge in [-0.25, -0.2) is 0 Å². The minimum Gasteiger partial charge on any atom is -0.398 e. The molecule has 0 aromatic carbocycles. The number of hydrogen-bond donors (Lipinski definition) is 2. The fraction of sp³-hybridized carbons (Fsp3) is 0.200. The Morgan fingerprint density at radius 1 is 1.62 bits per heavy atom. The van der Waals surface area contributed by atoms with Crippen molar-refractivity contribution >= 4 is 11.8 Å². The molecule has 1 unspecified atom stereocenters. The lowest BCUT2D eigenvalue weighted by Gasteiger charge is -2.06. The zero-order valence-electron chi connectivity index (χ0n) is 4.37. The van der Waals surface area contributed by atoms with Gasteiger partial charge in [0, 0.05) is 5.70 Å². The molecule has 0 bridgehead atoms. The second kappa shape index (κ2) is 2.24. The third-order valence-corrected chi connectivity index (χ3v) is 1.72. The van der Waals surface area contributed by atoms with E-state index in [1.165, 1.54) is 11.8 Å². The monoisotopic (exact) mass is 128 g/mol. The van der Waals surface area contributed by atoms with Crippen LogP contribution in [0.15, 0.2) is 23.3 Å². The number of nitrogens with two attached hydrogens (primary N) is 2. The third kappa shape index (κ3) is 1.28. The fourth-order valence-corrected chi connectivity index (χ4v) is 1.01. The van der Waals surface area contributed by atoms with Gasteiger partial charge in [0.1, 0.15) is 0 Å². The zero-order valence-corrected chi connectivity index (χ0v) is 5.19. The van der Waals surface area contributed by atoms with Crippen molar-refractivity contribution in [3.63, 3.8) is 0 Å². The predicted octanol–water partition coefficient (Wildman–Crippen LogP) is 0.374. The smallest absolute Gasteiger partial charge is 0.0739 e. The highest BCUT2D eigenvalue weighted by atomic mass is 32.2. The van der Waals surface area contributed by atoms with E-state index in [1.54, 1.807) is 0 Å². The molecule has 0 aromatic rings. The van der Waals surface area contributed by atoms with Gasteiger partial charge in [0.15, 0.2) is 0 Å². The van der Waals surface area contributed by atoms with Crippen LogP contribution in [0.2, 0.25) is 0 Å². The first-order valence-corrected chi connectivity index (χ1v) is 3.28. The van der Waals surface area contributed by atoms with Crippen LogP contribution in [0.3, 0.4) is 0 Å². The lowest BCUT2D eigenvalue weighted by atomic mass is 10.4. The molecule has 3 heteroatoms. The van der Waals surface area contributed by atoms with Crippen molar-refractivity contribution in [3.05, 3.63) is 23.3 Å². The first kappa shape index (κ1) is 5.72. The molecule has 2 nitrogen and oxygen atoms in total. The topological polar surface area (TPSA) is 52.0 Å². The van der Waals surface area contributed by atoms with E-state index in [0.717, 1.165) is 5.70 Å². The summed E-state index contributed by atoms with van der Waals surface area (Å²) in [5, 5.41) is 1.95. The van der Waals surface area contributed by atoms with Gasteiger partial charge in [0.05, 0.1) is 5.37 Å². The highest BCUT2D eigenvalue weighted by molar-refractivity contribution is 8.02. The molecule has 1 heterocycles. The van der Waals surface area contributed by atoms with Gasteiger partial charge in [-0.05, 0) is 11.5 Å². The van der Waals surface area contributed by atoms with Crippen molar-refractivity contribution in [2.24, 2.45) is 11.5 Å². The van der Waals surface area contributed by atoms with E-state index in [-0.39, 0.29) is 5.37 Å². The molecule has 0 aliphatic carbocycles. The fourth-order valence-electron chi connectivity index (χ4n) is 0.448. The maximum atomic E-state index is 5.47. The van der Waals surface area contributed by atoms with Crippen molar-refractivity contribution < 1.29 is 0 Å². The molecular formula is C5H8N2S. The summed E-state index contributed by atoms with van der Waals surface area (Å²) in [6.45, 7) is 0. The maximum absolute atomic E-state index is 5.47. The summed E-state index contributed by atoms with van der Waals surface area (Å²) >= 11 is 1.53. The van der Waals surface area contributed by atoms with E-state index in [9.17, 15) is 0 Å². The van der Waals surface area contributed by atoms with E-state index in [0.29, 0.717) is 0 Å². The van der Waals surface area contributed by atoms with Gasteiger partial charge in [0.2, 0.25) is 0 Å². The molecule has 0 radical (unpaired) electrons. The van der Waals surface area contributed by atoms with Crippen LogP contribution in [-0.2, 0) is 0 Å². The lowest BCUT2D eigenvalue weighted by molar-refractivity contribution is 1.15. The van der Waals surface area contributed by atoms with Crippen molar-refractivity contribution in [1.82, 2.24) is 0 Å². The second-order valence-corrected chi connectivity index (χ2v) is 2.63. The van der Waals surface area contributed by atoms with Crippen LogP contribution in [0.1, 0.15) is 0 Å². The molecule has 0 aromatic heterocycles. The number of hydrogen-bond acceptors (Lipinski definition) is 3. The summed E-state index contributed by atoms with van der Waals surface area (Å²) < 4.78 is 0. The van der Waals surface area contributed by atoms with Crippen molar-refractivity contribution in [2.45, 2.75) is 5.37 Å². The molecule has 44 valence electrons. The Balaban J connectivity index is 2.58. The van der Waals surface area contributed by atoms with E-state index >= 15 is 0 Å². The minimum absolute atomic E-state index is 0.0994. The standard InChI is InChI=1S/C5H8N2S/c6-4-1-2-5(7)8-3-4/h1-3,5H,6-7H2. The average molecular weight is 128 g/mol. The Labute approximate surface area is 52.6 Å². The molecule has 8 heavy (non-hydrogen) atoms. The van der Waals surface area contributed by atoms with Gasteiger partial charge in [-0.3, -0.25) is 0 Å². The zero-order chi connectivity index (χ0) is 5.98. The number of rotatable bonds is 0. The summed E-state index contributed by atoms with van der Waals surface area (Å²) in [5.74, 6) is 0. The molecule has 0 saturated carbocycles. The SMILES string of the molecule is NC1=CSC(N)C=C1. The van der Waals surface area contributed by atoms with Gasteiger partial charge in [-0.15, -0.1) is 11.8 Å². The first-order valence-electron chi connectivity index (χ1n) is 2.34. The molecule has 1 aliphatic heterocycles. The summed E-state index contributed by atoms with van der Waals surface area (Å²) in [4.78, 5) is 0. The highest BCUT2D eigenvalue weighted by Crippen LogP contribution is 2.15. The van der Waals surface area contributed by atoms with E-state index in [2.05, 4.69) is 0 Å². The normalized spacial score (nSPS) is 27.6. The third-order valence-electron chi connectivity index (χ3n) is 0.840. The van der Waals surface area contributed by atoms with Crippen LogP contribution < -0.4 is 11.5 Å². The van der Waals surface area contributed by atoms with Gasteiger partial charge in [-0.2, -0.15) is 0 Å². The predicted molar refractivity (Wildman–Crippen MR) is 37.0 cm³/mol. The highest BCUT2D eigenvalue weighted by Gasteiger charge is 1.98. The van der Waals surface area contributed by atoms with E-state index in [4.69, 9.17) is 11.5 Å². The Morgan fingerprint density at radius 3 is 2.75 bits per heavy atom. The van der Waals surface area contributed by atoms with Crippen LogP contribution in [0.5, 0.6) is 0 Å². The number of allylic oxidation sites excluding steroid dienone is 1. The molecule has 0 saturated heterocycles. The molecule has 0 amide bonds. The van der Waals surface area contributed by atoms with Crippen LogP contribution in [-0.4, -0.2) is 5.37 Å². The van der Waals surface area contributed by atoms with E-state index < -0.39 is 0 Å². The van der Waals surface area contributed by atoms with Crippen LogP contribution >= 0.6 is 11.8 Å². The summed E-state index contributed by atoms with van der Waals surface area (Å²) in [5.41, 5.74) is 11.7. The quantitative estimate of drug-likeness (QED) is 0.495.